The zero-order valence-electron chi connectivity index (χ0n) is 18.3. The van der Waals surface area contributed by atoms with Crippen LogP contribution in [-0.4, -0.2) is 63.1 Å². The lowest BCUT2D eigenvalue weighted by molar-refractivity contribution is 0.0598. The molecule has 2 N–H and O–H groups in total. The van der Waals surface area contributed by atoms with E-state index in [1.165, 1.54) is 38.4 Å². The lowest BCUT2D eigenvalue weighted by Gasteiger charge is -2.18. The molecule has 9 heteroatoms. The Morgan fingerprint density at radius 2 is 1.67 bits per heavy atom. The van der Waals surface area contributed by atoms with Gasteiger partial charge in [-0.2, -0.15) is 0 Å². The van der Waals surface area contributed by atoms with E-state index in [1.807, 2.05) is 6.92 Å². The number of hydrogen-bond donors (Lipinski definition) is 2. The Hall–Kier alpha value is -3.49. The molecule has 2 rings (SSSR count). The summed E-state index contributed by atoms with van der Waals surface area (Å²) in [5.74, 6) is -0.626. The predicted molar refractivity (Wildman–Crippen MR) is 112 cm³/mol. The van der Waals surface area contributed by atoms with Crippen LogP contribution in [0.3, 0.4) is 0 Å². The summed E-state index contributed by atoms with van der Waals surface area (Å²) in [5, 5.41) is 2.75. The number of ether oxygens (including phenoxy) is 3. The molecule has 1 aromatic carbocycles. The van der Waals surface area contributed by atoms with Crippen molar-refractivity contribution in [3.63, 3.8) is 0 Å². The molecule has 2 aromatic rings. The van der Waals surface area contributed by atoms with Crippen LogP contribution in [0, 0.1) is 6.92 Å². The van der Waals surface area contributed by atoms with Gasteiger partial charge in [-0.3, -0.25) is 9.59 Å². The molecule has 0 aliphatic heterocycles. The number of methoxy groups -OCH3 is 3. The third-order valence-corrected chi connectivity index (χ3v) is 4.71. The quantitative estimate of drug-likeness (QED) is 0.670. The molecule has 0 atom stereocenters. The lowest BCUT2D eigenvalue weighted by Crippen LogP contribution is -2.24. The fraction of sp³-hybridized carbons (Fsp3) is 0.381. The van der Waals surface area contributed by atoms with Crippen molar-refractivity contribution in [2.75, 3.05) is 40.7 Å². The highest BCUT2D eigenvalue weighted by atomic mass is 16.5. The maximum Gasteiger partial charge on any atom is 0.339 e. The van der Waals surface area contributed by atoms with Gasteiger partial charge in [0.1, 0.15) is 5.69 Å². The summed E-state index contributed by atoms with van der Waals surface area (Å²) in [5.41, 5.74) is 2.10. The highest BCUT2D eigenvalue weighted by Gasteiger charge is 2.25. The summed E-state index contributed by atoms with van der Waals surface area (Å²) in [4.78, 5) is 42.2. The number of benzene rings is 1. The van der Waals surface area contributed by atoms with Crippen LogP contribution in [0.25, 0.3) is 0 Å². The Labute approximate surface area is 175 Å². The molecule has 0 bridgehead atoms. The van der Waals surface area contributed by atoms with E-state index in [4.69, 9.17) is 14.2 Å². The first-order valence-electron chi connectivity index (χ1n) is 9.28. The van der Waals surface area contributed by atoms with Gasteiger partial charge in [-0.25, -0.2) is 4.79 Å². The van der Waals surface area contributed by atoms with Crippen molar-refractivity contribution in [3.05, 3.63) is 40.2 Å². The minimum absolute atomic E-state index is 0.213. The largest absolute Gasteiger partial charge is 0.493 e. The van der Waals surface area contributed by atoms with Gasteiger partial charge in [0.25, 0.3) is 11.8 Å². The fourth-order valence-electron chi connectivity index (χ4n) is 3.11. The first-order valence-corrected chi connectivity index (χ1v) is 9.28. The van der Waals surface area contributed by atoms with Crippen LogP contribution in [-0.2, 0) is 11.2 Å². The third-order valence-electron chi connectivity index (χ3n) is 4.71. The molecule has 0 aliphatic carbocycles. The van der Waals surface area contributed by atoms with Crippen LogP contribution in [0.15, 0.2) is 12.1 Å². The third kappa shape index (κ3) is 4.24. The highest BCUT2D eigenvalue weighted by Crippen LogP contribution is 2.34. The molecule has 0 saturated carbocycles. The normalized spacial score (nSPS) is 10.4. The molecule has 30 heavy (non-hydrogen) atoms. The molecule has 1 aromatic heterocycles. The number of H-pyrrole nitrogens is 1. The molecule has 0 saturated heterocycles. The molecular weight excluding hydrogens is 390 g/mol. The van der Waals surface area contributed by atoms with Gasteiger partial charge in [-0.15, -0.1) is 0 Å². The second-order valence-corrected chi connectivity index (χ2v) is 6.73. The minimum atomic E-state index is -0.519. The average molecular weight is 417 g/mol. The number of aromatic amines is 1. The average Bonchev–Trinajstić information content (AvgIpc) is 3.08. The Morgan fingerprint density at radius 1 is 1.07 bits per heavy atom. The topological polar surface area (TPSA) is 110 Å². The van der Waals surface area contributed by atoms with Gasteiger partial charge in [0.05, 0.1) is 38.1 Å². The van der Waals surface area contributed by atoms with Crippen molar-refractivity contribution >= 4 is 23.5 Å². The van der Waals surface area contributed by atoms with E-state index in [0.29, 0.717) is 34.7 Å². The zero-order valence-corrected chi connectivity index (χ0v) is 18.3. The number of anilines is 1. The molecule has 0 radical (unpaired) electrons. The summed E-state index contributed by atoms with van der Waals surface area (Å²) < 4.78 is 15.4. The van der Waals surface area contributed by atoms with Crippen LogP contribution in [0.1, 0.15) is 49.4 Å². The SMILES string of the molecule is CCc1[nH]c(C(=O)Nc2cc(OC)c(OC)cc2C(=O)N(C)C)c(C)c1C(=O)OC. The second kappa shape index (κ2) is 9.34. The van der Waals surface area contributed by atoms with Crippen molar-refractivity contribution in [1.29, 1.82) is 0 Å². The summed E-state index contributed by atoms with van der Waals surface area (Å²) >= 11 is 0. The van der Waals surface area contributed by atoms with Gasteiger partial charge in [0.15, 0.2) is 11.5 Å². The maximum absolute atomic E-state index is 13.0. The van der Waals surface area contributed by atoms with Gasteiger partial charge in [-0.1, -0.05) is 6.92 Å². The molecular formula is C21H27N3O6. The van der Waals surface area contributed by atoms with Crippen molar-refractivity contribution in [2.45, 2.75) is 20.3 Å². The number of carbonyl (C=O) groups excluding carboxylic acids is 3. The number of aryl methyl sites for hydroxylation is 1. The second-order valence-electron chi connectivity index (χ2n) is 6.73. The molecule has 0 fully saturated rings. The number of carbonyl (C=O) groups is 3. The van der Waals surface area contributed by atoms with E-state index in [0.717, 1.165) is 0 Å². The number of aromatic nitrogens is 1. The van der Waals surface area contributed by atoms with Crippen molar-refractivity contribution in [3.8, 4) is 11.5 Å². The monoisotopic (exact) mass is 417 g/mol. The van der Waals surface area contributed by atoms with E-state index in [2.05, 4.69) is 10.3 Å². The Balaban J connectivity index is 2.54. The fourth-order valence-corrected chi connectivity index (χ4v) is 3.11. The van der Waals surface area contributed by atoms with E-state index in [1.54, 1.807) is 21.0 Å². The van der Waals surface area contributed by atoms with Crippen LogP contribution in [0.4, 0.5) is 5.69 Å². The van der Waals surface area contributed by atoms with Gasteiger partial charge in [0, 0.05) is 25.9 Å². The molecule has 2 amide bonds. The van der Waals surface area contributed by atoms with Gasteiger partial charge in [-0.05, 0) is 25.0 Å². The van der Waals surface area contributed by atoms with Crippen molar-refractivity contribution in [2.24, 2.45) is 0 Å². The Bertz CT molecular complexity index is 978. The van der Waals surface area contributed by atoms with Crippen LogP contribution < -0.4 is 14.8 Å². The molecule has 0 aliphatic rings. The number of hydrogen-bond acceptors (Lipinski definition) is 6. The smallest absolute Gasteiger partial charge is 0.339 e. The van der Waals surface area contributed by atoms with E-state index in [9.17, 15) is 14.4 Å². The van der Waals surface area contributed by atoms with Crippen molar-refractivity contribution in [1.82, 2.24) is 9.88 Å². The number of esters is 1. The minimum Gasteiger partial charge on any atom is -0.493 e. The Morgan fingerprint density at radius 3 is 2.17 bits per heavy atom. The summed E-state index contributed by atoms with van der Waals surface area (Å²) in [6.07, 6.45) is 0.513. The summed E-state index contributed by atoms with van der Waals surface area (Å²) in [6, 6.07) is 3.03. The zero-order chi connectivity index (χ0) is 22.6. The molecule has 1 heterocycles. The highest BCUT2D eigenvalue weighted by molar-refractivity contribution is 6.10. The maximum atomic E-state index is 13.0. The van der Waals surface area contributed by atoms with E-state index < -0.39 is 11.9 Å². The summed E-state index contributed by atoms with van der Waals surface area (Å²) in [6.45, 7) is 3.53. The van der Waals surface area contributed by atoms with E-state index in [-0.39, 0.29) is 22.9 Å². The van der Waals surface area contributed by atoms with Crippen molar-refractivity contribution < 1.29 is 28.6 Å². The molecule has 0 unspecified atom stereocenters. The Kier molecular flexibility index (Phi) is 7.10. The molecule has 9 nitrogen and oxygen atoms in total. The molecule has 162 valence electrons. The van der Waals surface area contributed by atoms with Crippen LogP contribution >= 0.6 is 0 Å². The van der Waals surface area contributed by atoms with E-state index >= 15 is 0 Å². The van der Waals surface area contributed by atoms with Gasteiger partial charge in [0.2, 0.25) is 0 Å². The van der Waals surface area contributed by atoms with Gasteiger partial charge < -0.3 is 29.4 Å². The number of nitrogens with zero attached hydrogens (tertiary/aromatic N) is 1. The number of nitrogens with one attached hydrogen (secondary N) is 2. The predicted octanol–water partition coefficient (Wildman–Crippen LogP) is 2.64. The van der Waals surface area contributed by atoms with Crippen LogP contribution in [0.5, 0.6) is 11.5 Å². The first kappa shape index (κ1) is 22.8. The lowest BCUT2D eigenvalue weighted by atomic mass is 10.1. The van der Waals surface area contributed by atoms with Crippen LogP contribution in [0.2, 0.25) is 0 Å². The summed E-state index contributed by atoms with van der Waals surface area (Å²) in [7, 11) is 7.42. The molecule has 0 spiro atoms. The van der Waals surface area contributed by atoms with Gasteiger partial charge >= 0.3 is 5.97 Å². The standard InChI is InChI=1S/C21H27N3O6/c1-8-13-17(21(27)30-7)11(2)18(22-13)19(25)23-14-10-16(29-6)15(28-5)9-12(14)20(26)24(3)4/h9-10,22H,8H2,1-7H3,(H,23,25). The first-order chi connectivity index (χ1) is 14.2. The number of rotatable bonds is 7. The number of amides is 2.